The molecule has 0 saturated heterocycles. The average Bonchev–Trinajstić information content (AvgIpc) is 2.85. The van der Waals surface area contributed by atoms with Crippen LogP contribution in [-0.2, 0) is 6.42 Å². The third-order valence-electron chi connectivity index (χ3n) is 3.71. The molecule has 2 aromatic carbocycles. The number of anilines is 1. The maximum Gasteiger partial charge on any atom is 0.272 e. The number of benzene rings is 2. The Labute approximate surface area is 129 Å². The topological polar surface area (TPSA) is 55.2 Å². The van der Waals surface area contributed by atoms with Crippen LogP contribution in [0.1, 0.15) is 23.6 Å². The molecule has 0 saturated carbocycles. The van der Waals surface area contributed by atoms with Gasteiger partial charge in [-0.1, -0.05) is 28.1 Å². The molecular formula is C15H12BrFN2O2. The first-order valence-corrected chi connectivity index (χ1v) is 7.33. The highest BCUT2D eigenvalue weighted by atomic mass is 79.9. The number of nitro benzene ring substituents is 1. The standard InChI is InChI=1S/C15H12BrFN2O2/c16-12-3-1-2-11-10(12)5-7-14(11)18-15-6-4-9(19(20)21)8-13(15)17/h1-4,6,8,14,18H,5,7H2. The van der Waals surface area contributed by atoms with Crippen molar-refractivity contribution in [1.82, 2.24) is 0 Å². The minimum atomic E-state index is -0.604. The predicted molar refractivity (Wildman–Crippen MR) is 81.9 cm³/mol. The molecule has 0 aliphatic heterocycles. The molecular weight excluding hydrogens is 339 g/mol. The number of rotatable bonds is 3. The molecule has 108 valence electrons. The summed E-state index contributed by atoms with van der Waals surface area (Å²) in [4.78, 5) is 10.0. The zero-order valence-corrected chi connectivity index (χ0v) is 12.6. The van der Waals surface area contributed by atoms with E-state index in [-0.39, 0.29) is 11.7 Å². The van der Waals surface area contributed by atoms with Crippen LogP contribution in [-0.4, -0.2) is 4.92 Å². The molecule has 0 fully saturated rings. The lowest BCUT2D eigenvalue weighted by Crippen LogP contribution is -2.08. The van der Waals surface area contributed by atoms with Crippen LogP contribution in [0.5, 0.6) is 0 Å². The van der Waals surface area contributed by atoms with Crippen molar-refractivity contribution < 1.29 is 9.31 Å². The first kappa shape index (κ1) is 14.0. The van der Waals surface area contributed by atoms with E-state index in [4.69, 9.17) is 0 Å². The first-order chi connectivity index (χ1) is 10.1. The van der Waals surface area contributed by atoms with E-state index in [1.54, 1.807) is 0 Å². The third kappa shape index (κ3) is 2.63. The van der Waals surface area contributed by atoms with E-state index >= 15 is 0 Å². The highest BCUT2D eigenvalue weighted by Crippen LogP contribution is 2.38. The summed E-state index contributed by atoms with van der Waals surface area (Å²) in [7, 11) is 0. The quantitative estimate of drug-likeness (QED) is 0.650. The molecule has 6 heteroatoms. The van der Waals surface area contributed by atoms with Gasteiger partial charge in [0.1, 0.15) is 0 Å². The van der Waals surface area contributed by atoms with Gasteiger partial charge in [-0.05, 0) is 36.1 Å². The highest BCUT2D eigenvalue weighted by molar-refractivity contribution is 9.10. The fraction of sp³-hybridized carbons (Fsp3) is 0.200. The SMILES string of the molecule is O=[N+]([O-])c1ccc(NC2CCc3c(Br)cccc32)c(F)c1. The lowest BCUT2D eigenvalue weighted by atomic mass is 10.1. The summed E-state index contributed by atoms with van der Waals surface area (Å²) in [5, 5.41) is 13.8. The fourth-order valence-electron chi connectivity index (χ4n) is 2.68. The number of halogens is 2. The highest BCUT2D eigenvalue weighted by Gasteiger charge is 2.24. The Hall–Kier alpha value is -1.95. The molecule has 4 nitrogen and oxygen atoms in total. The van der Waals surface area contributed by atoms with Crippen LogP contribution in [0.4, 0.5) is 15.8 Å². The Kier molecular flexibility index (Phi) is 3.63. The van der Waals surface area contributed by atoms with Gasteiger partial charge in [-0.15, -0.1) is 0 Å². The molecule has 0 aromatic heterocycles. The first-order valence-electron chi connectivity index (χ1n) is 6.54. The van der Waals surface area contributed by atoms with E-state index in [0.717, 1.165) is 28.9 Å². The van der Waals surface area contributed by atoms with Crippen LogP contribution in [0.15, 0.2) is 40.9 Å². The second kappa shape index (κ2) is 5.44. The van der Waals surface area contributed by atoms with Crippen molar-refractivity contribution in [2.75, 3.05) is 5.32 Å². The van der Waals surface area contributed by atoms with E-state index < -0.39 is 10.7 Å². The Morgan fingerprint density at radius 2 is 2.14 bits per heavy atom. The molecule has 0 spiro atoms. The van der Waals surface area contributed by atoms with Crippen molar-refractivity contribution >= 4 is 27.3 Å². The summed E-state index contributed by atoms with van der Waals surface area (Å²) in [6, 6.07) is 9.66. The second-order valence-corrected chi connectivity index (χ2v) is 5.82. The van der Waals surface area contributed by atoms with Gasteiger partial charge in [0.2, 0.25) is 0 Å². The molecule has 1 aliphatic carbocycles. The van der Waals surface area contributed by atoms with E-state index in [1.807, 2.05) is 18.2 Å². The number of non-ortho nitro benzene ring substituents is 1. The lowest BCUT2D eigenvalue weighted by molar-refractivity contribution is -0.385. The van der Waals surface area contributed by atoms with E-state index in [2.05, 4.69) is 21.2 Å². The van der Waals surface area contributed by atoms with Crippen molar-refractivity contribution in [3.05, 3.63) is 67.9 Å². The second-order valence-electron chi connectivity index (χ2n) is 4.96. The number of hydrogen-bond acceptors (Lipinski definition) is 3. The molecule has 0 bridgehead atoms. The van der Waals surface area contributed by atoms with Gasteiger partial charge in [0.25, 0.3) is 5.69 Å². The summed E-state index contributed by atoms with van der Waals surface area (Å²) in [6.45, 7) is 0. The fourth-order valence-corrected chi connectivity index (χ4v) is 3.26. The van der Waals surface area contributed by atoms with Crippen LogP contribution in [0.2, 0.25) is 0 Å². The van der Waals surface area contributed by atoms with Gasteiger partial charge in [0, 0.05) is 10.5 Å². The summed E-state index contributed by atoms with van der Waals surface area (Å²) >= 11 is 3.52. The van der Waals surface area contributed by atoms with E-state index in [9.17, 15) is 14.5 Å². The van der Waals surface area contributed by atoms with E-state index in [0.29, 0.717) is 5.69 Å². The summed E-state index contributed by atoms with van der Waals surface area (Å²) in [5.74, 6) is -0.604. The van der Waals surface area contributed by atoms with Gasteiger partial charge < -0.3 is 5.32 Å². The molecule has 21 heavy (non-hydrogen) atoms. The van der Waals surface area contributed by atoms with Crippen molar-refractivity contribution in [3.63, 3.8) is 0 Å². The normalized spacial score (nSPS) is 16.6. The van der Waals surface area contributed by atoms with Crippen LogP contribution in [0.25, 0.3) is 0 Å². The number of nitrogens with zero attached hydrogens (tertiary/aromatic N) is 1. The average molecular weight is 351 g/mol. The molecule has 0 radical (unpaired) electrons. The smallest absolute Gasteiger partial charge is 0.272 e. The maximum atomic E-state index is 13.9. The Morgan fingerprint density at radius 3 is 2.86 bits per heavy atom. The molecule has 2 aromatic rings. The minimum absolute atomic E-state index is 0.0217. The molecule has 1 unspecified atom stereocenters. The Balaban J connectivity index is 1.86. The van der Waals surface area contributed by atoms with Crippen molar-refractivity contribution in [2.24, 2.45) is 0 Å². The maximum absolute atomic E-state index is 13.9. The van der Waals surface area contributed by atoms with Crippen LogP contribution in [0.3, 0.4) is 0 Å². The summed E-state index contributed by atoms with van der Waals surface area (Å²) < 4.78 is 15.0. The molecule has 1 aliphatic rings. The van der Waals surface area contributed by atoms with Crippen molar-refractivity contribution in [3.8, 4) is 0 Å². The van der Waals surface area contributed by atoms with Gasteiger partial charge in [-0.25, -0.2) is 4.39 Å². The molecule has 1 atom stereocenters. The van der Waals surface area contributed by atoms with Gasteiger partial charge >= 0.3 is 0 Å². The van der Waals surface area contributed by atoms with Crippen molar-refractivity contribution in [1.29, 1.82) is 0 Å². The van der Waals surface area contributed by atoms with E-state index in [1.165, 1.54) is 17.7 Å². The Bertz CT molecular complexity index is 721. The van der Waals surface area contributed by atoms with Gasteiger partial charge in [0.15, 0.2) is 5.82 Å². The largest absolute Gasteiger partial charge is 0.376 e. The molecule has 1 N–H and O–H groups in total. The van der Waals surface area contributed by atoms with Crippen LogP contribution >= 0.6 is 15.9 Å². The summed E-state index contributed by atoms with van der Waals surface area (Å²) in [5.41, 5.74) is 2.42. The monoisotopic (exact) mass is 350 g/mol. The Morgan fingerprint density at radius 1 is 1.33 bits per heavy atom. The zero-order chi connectivity index (χ0) is 15.0. The van der Waals surface area contributed by atoms with Crippen molar-refractivity contribution in [2.45, 2.75) is 18.9 Å². The number of nitrogens with one attached hydrogen (secondary N) is 1. The van der Waals surface area contributed by atoms with Crippen LogP contribution < -0.4 is 5.32 Å². The van der Waals surface area contributed by atoms with Gasteiger partial charge in [-0.2, -0.15) is 0 Å². The summed E-state index contributed by atoms with van der Waals surface area (Å²) in [6.07, 6.45) is 1.79. The zero-order valence-electron chi connectivity index (χ0n) is 11.0. The molecule has 3 rings (SSSR count). The van der Waals surface area contributed by atoms with Crippen LogP contribution in [0, 0.1) is 15.9 Å². The molecule has 0 heterocycles. The minimum Gasteiger partial charge on any atom is -0.376 e. The predicted octanol–water partition coefficient (Wildman–Crippen LogP) is 4.60. The molecule has 0 amide bonds. The number of hydrogen-bond donors (Lipinski definition) is 1. The third-order valence-corrected chi connectivity index (χ3v) is 4.45. The lowest BCUT2D eigenvalue weighted by Gasteiger charge is -2.16. The number of fused-ring (bicyclic) bond motifs is 1. The van der Waals surface area contributed by atoms with Gasteiger partial charge in [0.05, 0.1) is 22.7 Å². The van der Waals surface area contributed by atoms with Gasteiger partial charge in [-0.3, -0.25) is 10.1 Å². The number of nitro groups is 1.